The molecule has 1 saturated carbocycles. The Hall–Kier alpha value is -4.05. The average Bonchev–Trinajstić information content (AvgIpc) is 3.64. The molecule has 12 nitrogen and oxygen atoms in total. The molecule has 1 aliphatic carbocycles. The number of likely N-dealkylation sites (N-methyl/N-ethyl adjacent to an activating group) is 2. The molecule has 2 aromatic rings. The first-order chi connectivity index (χ1) is 26.9. The van der Waals surface area contributed by atoms with Crippen molar-refractivity contribution < 1.29 is 46.6 Å². The molecule has 1 aromatic carbocycles. The minimum Gasteiger partial charge on any atom is -0.469 e. The van der Waals surface area contributed by atoms with Crippen molar-refractivity contribution in [1.29, 1.82) is 0 Å². The van der Waals surface area contributed by atoms with Crippen molar-refractivity contribution in [1.82, 2.24) is 25.4 Å². The van der Waals surface area contributed by atoms with Crippen LogP contribution in [0.3, 0.4) is 0 Å². The lowest BCUT2D eigenvalue weighted by molar-refractivity contribution is -0.149. The monoisotopic (exact) mass is 821 g/mol. The van der Waals surface area contributed by atoms with E-state index in [4.69, 9.17) is 9.47 Å². The number of thiazole rings is 1. The summed E-state index contributed by atoms with van der Waals surface area (Å²) in [5.74, 6) is -2.67. The van der Waals surface area contributed by atoms with Gasteiger partial charge in [0, 0.05) is 37.9 Å². The number of esters is 2. The van der Waals surface area contributed by atoms with Gasteiger partial charge >= 0.3 is 18.1 Å². The number of nitrogens with one attached hydrogen (secondary N) is 2. The summed E-state index contributed by atoms with van der Waals surface area (Å²) in [4.78, 5) is 74.6. The van der Waals surface area contributed by atoms with E-state index in [0.717, 1.165) is 75.1 Å². The lowest BCUT2D eigenvalue weighted by atomic mass is 9.78. The molecular weight excluding hydrogens is 764 g/mol. The predicted octanol–water partition coefficient (Wildman–Crippen LogP) is 6.34. The van der Waals surface area contributed by atoms with Crippen LogP contribution in [-0.4, -0.2) is 95.9 Å². The number of likely N-dealkylation sites (tertiary alicyclic amines) is 1. The van der Waals surface area contributed by atoms with E-state index >= 15 is 0 Å². The van der Waals surface area contributed by atoms with Gasteiger partial charge in [0.15, 0.2) is 6.10 Å². The molecule has 6 atom stereocenters. The first kappa shape index (κ1) is 45.6. The SMILES string of the molecule is CCN1CCCC[C@@H]1C(=O)N[C@H](C(=O)N(C)[C@H](C[C@@H](OC(C)=O)c1nc(C(=O)N[C@@H](Cc2ccc(C(F)(F)F)cc2)C[C@H](C)C(=O)OC)cs1)C(C)C)C1CCC1. The fourth-order valence-corrected chi connectivity index (χ4v) is 8.62. The first-order valence-corrected chi connectivity index (χ1v) is 20.8. The molecule has 1 aliphatic heterocycles. The summed E-state index contributed by atoms with van der Waals surface area (Å²) in [6.07, 6.45) is 0.463. The van der Waals surface area contributed by atoms with Crippen LogP contribution >= 0.6 is 11.3 Å². The standard InChI is InChI=1S/C41H58F3N5O7S/c1-8-49-19-10-9-14-32(49)37(52)47-35(28-12-11-13-28)39(53)48(6)33(24(2)3)22-34(56-26(5)50)38-46-31(23-57-38)36(51)45-30(20-25(4)40(54)55-7)21-27-15-17-29(18-16-27)41(42,43)44/h15-18,23-25,28,30,32-35H,8-14,19-22H2,1-7H3,(H,45,51)(H,47,52)/t25-,30+,32+,33+,34+,35-/m0/s1. The summed E-state index contributed by atoms with van der Waals surface area (Å²) in [5.41, 5.74) is -0.253. The van der Waals surface area contributed by atoms with Crippen molar-refractivity contribution >= 4 is 41.0 Å². The highest BCUT2D eigenvalue weighted by molar-refractivity contribution is 7.09. The van der Waals surface area contributed by atoms with E-state index in [1.54, 1.807) is 18.9 Å². The molecular formula is C41H58F3N5O7S. The summed E-state index contributed by atoms with van der Waals surface area (Å²) < 4.78 is 50.2. The average molecular weight is 822 g/mol. The van der Waals surface area contributed by atoms with E-state index in [-0.39, 0.29) is 54.6 Å². The quantitative estimate of drug-likeness (QED) is 0.165. The van der Waals surface area contributed by atoms with Gasteiger partial charge in [0.2, 0.25) is 11.8 Å². The third-order valence-corrected chi connectivity index (χ3v) is 12.2. The predicted molar refractivity (Wildman–Crippen MR) is 209 cm³/mol. The fourth-order valence-electron chi connectivity index (χ4n) is 7.78. The summed E-state index contributed by atoms with van der Waals surface area (Å²) in [6, 6.07) is 2.55. The number of piperidine rings is 1. The molecule has 4 rings (SSSR count). The number of carbonyl (C=O) groups is 5. The molecule has 2 N–H and O–H groups in total. The van der Waals surface area contributed by atoms with Gasteiger partial charge in [0.1, 0.15) is 16.7 Å². The second-order valence-electron chi connectivity index (χ2n) is 15.7. The van der Waals surface area contributed by atoms with Gasteiger partial charge in [-0.25, -0.2) is 4.98 Å². The lowest BCUT2D eigenvalue weighted by Crippen LogP contribution is -2.59. The third kappa shape index (κ3) is 12.5. The van der Waals surface area contributed by atoms with Crippen LogP contribution in [0, 0.1) is 17.8 Å². The van der Waals surface area contributed by atoms with Gasteiger partial charge in [0.05, 0.1) is 24.6 Å². The van der Waals surface area contributed by atoms with Gasteiger partial charge in [-0.3, -0.25) is 28.9 Å². The number of methoxy groups -OCH3 is 1. The van der Waals surface area contributed by atoms with Gasteiger partial charge in [-0.15, -0.1) is 11.3 Å². The Morgan fingerprint density at radius 2 is 1.68 bits per heavy atom. The molecule has 3 amide bonds. The highest BCUT2D eigenvalue weighted by atomic mass is 32.1. The molecule has 0 spiro atoms. The van der Waals surface area contributed by atoms with Crippen molar-refractivity contribution in [3.63, 3.8) is 0 Å². The first-order valence-electron chi connectivity index (χ1n) is 19.9. The number of benzene rings is 1. The number of amides is 3. The lowest BCUT2D eigenvalue weighted by Gasteiger charge is -2.41. The van der Waals surface area contributed by atoms with Crippen LogP contribution in [0.2, 0.25) is 0 Å². The Morgan fingerprint density at radius 3 is 2.25 bits per heavy atom. The van der Waals surface area contributed by atoms with Gasteiger partial charge < -0.3 is 25.0 Å². The van der Waals surface area contributed by atoms with Crippen molar-refractivity contribution in [3.05, 3.63) is 51.5 Å². The number of nitrogens with zero attached hydrogens (tertiary/aromatic N) is 3. The molecule has 0 bridgehead atoms. The van der Waals surface area contributed by atoms with Crippen molar-refractivity contribution in [2.24, 2.45) is 17.8 Å². The molecule has 1 saturated heterocycles. The molecule has 0 unspecified atom stereocenters. The van der Waals surface area contributed by atoms with Gasteiger partial charge in [-0.2, -0.15) is 13.2 Å². The summed E-state index contributed by atoms with van der Waals surface area (Å²) in [6.45, 7) is 10.5. The Kier molecular flexibility index (Phi) is 16.5. The van der Waals surface area contributed by atoms with E-state index in [9.17, 15) is 37.1 Å². The number of carbonyl (C=O) groups excluding carboxylic acids is 5. The highest BCUT2D eigenvalue weighted by Crippen LogP contribution is 2.34. The molecule has 2 heterocycles. The summed E-state index contributed by atoms with van der Waals surface area (Å²) in [7, 11) is 2.96. The number of rotatable bonds is 18. The topological polar surface area (TPSA) is 147 Å². The van der Waals surface area contributed by atoms with Crippen molar-refractivity contribution in [2.75, 3.05) is 27.2 Å². The molecule has 0 radical (unpaired) electrons. The van der Waals surface area contributed by atoms with E-state index in [2.05, 4.69) is 20.5 Å². The molecule has 1 aromatic heterocycles. The van der Waals surface area contributed by atoms with Crippen LogP contribution in [0.1, 0.15) is 119 Å². The number of ether oxygens (including phenoxy) is 2. The molecule has 16 heteroatoms. The Morgan fingerprint density at radius 1 is 1.00 bits per heavy atom. The van der Waals surface area contributed by atoms with Crippen LogP contribution < -0.4 is 10.6 Å². The summed E-state index contributed by atoms with van der Waals surface area (Å²) in [5, 5.41) is 7.87. The zero-order chi connectivity index (χ0) is 42.0. The molecule has 2 fully saturated rings. The van der Waals surface area contributed by atoms with Gasteiger partial charge in [-0.1, -0.05) is 52.7 Å². The normalized spacial score (nSPS) is 19.0. The van der Waals surface area contributed by atoms with E-state index in [1.807, 2.05) is 20.8 Å². The Labute approximate surface area is 337 Å². The maximum absolute atomic E-state index is 14.3. The van der Waals surface area contributed by atoms with Gasteiger partial charge in [-0.05, 0) is 81.1 Å². The minimum absolute atomic E-state index is 0.0254. The fraction of sp³-hybridized carbons (Fsp3) is 0.659. The second-order valence-corrected chi connectivity index (χ2v) is 16.6. The van der Waals surface area contributed by atoms with Crippen LogP contribution in [0.4, 0.5) is 13.2 Å². The number of aromatic nitrogens is 1. The highest BCUT2D eigenvalue weighted by Gasteiger charge is 2.41. The molecule has 57 heavy (non-hydrogen) atoms. The zero-order valence-electron chi connectivity index (χ0n) is 34.0. The van der Waals surface area contributed by atoms with E-state index in [0.29, 0.717) is 10.6 Å². The van der Waals surface area contributed by atoms with E-state index < -0.39 is 59.7 Å². The van der Waals surface area contributed by atoms with Crippen LogP contribution in [0.15, 0.2) is 29.6 Å². The van der Waals surface area contributed by atoms with Crippen molar-refractivity contribution in [3.8, 4) is 0 Å². The number of hydrogen-bond acceptors (Lipinski definition) is 10. The minimum atomic E-state index is -4.50. The Balaban J connectivity index is 1.52. The molecule has 316 valence electrons. The van der Waals surface area contributed by atoms with Crippen LogP contribution in [0.25, 0.3) is 0 Å². The summed E-state index contributed by atoms with van der Waals surface area (Å²) >= 11 is 1.11. The zero-order valence-corrected chi connectivity index (χ0v) is 34.8. The number of alkyl halides is 3. The number of halogens is 3. The Bertz CT molecular complexity index is 1680. The maximum Gasteiger partial charge on any atom is 0.416 e. The smallest absolute Gasteiger partial charge is 0.416 e. The maximum atomic E-state index is 14.3. The second kappa shape index (κ2) is 20.6. The molecule has 2 aliphatic rings. The largest absolute Gasteiger partial charge is 0.469 e. The third-order valence-electron chi connectivity index (χ3n) is 11.3. The number of hydrogen-bond donors (Lipinski definition) is 2. The van der Waals surface area contributed by atoms with Crippen LogP contribution in [0.5, 0.6) is 0 Å². The van der Waals surface area contributed by atoms with Gasteiger partial charge in [0.25, 0.3) is 5.91 Å². The van der Waals surface area contributed by atoms with E-state index in [1.165, 1.54) is 31.5 Å². The van der Waals surface area contributed by atoms with Crippen molar-refractivity contribution in [2.45, 2.75) is 129 Å². The van der Waals surface area contributed by atoms with Crippen LogP contribution in [-0.2, 0) is 41.2 Å².